The molecule has 1 aliphatic rings. The molecule has 1 N–H and O–H groups in total. The molecule has 0 aliphatic carbocycles. The van der Waals surface area contributed by atoms with Crippen LogP contribution in [0.3, 0.4) is 0 Å². The first-order valence-electron chi connectivity index (χ1n) is 11.9. The Morgan fingerprint density at radius 2 is 1.92 bits per heavy atom. The van der Waals surface area contributed by atoms with Gasteiger partial charge in [-0.25, -0.2) is 15.0 Å². The average molecular weight is 521 g/mol. The Morgan fingerprint density at radius 3 is 2.71 bits per heavy atom. The zero-order valence-corrected chi connectivity index (χ0v) is 20.6. The van der Waals surface area contributed by atoms with Gasteiger partial charge in [0.05, 0.1) is 11.1 Å². The van der Waals surface area contributed by atoms with Crippen molar-refractivity contribution in [1.29, 1.82) is 0 Å². The van der Waals surface area contributed by atoms with Gasteiger partial charge in [-0.05, 0) is 67.3 Å². The number of rotatable bonds is 5. The summed E-state index contributed by atoms with van der Waals surface area (Å²) in [6.07, 6.45) is -0.313. The molecule has 0 radical (unpaired) electrons. The third-order valence-electron chi connectivity index (χ3n) is 6.23. The maximum absolute atomic E-state index is 13.5. The van der Waals surface area contributed by atoms with Gasteiger partial charge in [0.15, 0.2) is 5.82 Å². The van der Waals surface area contributed by atoms with Crippen LogP contribution >= 0.6 is 0 Å². The van der Waals surface area contributed by atoms with E-state index < -0.39 is 17.6 Å². The molecule has 4 aromatic rings. The zero-order chi connectivity index (χ0) is 26.9. The number of benzene rings is 2. The lowest BCUT2D eigenvalue weighted by Crippen LogP contribution is -2.35. The van der Waals surface area contributed by atoms with Gasteiger partial charge < -0.3 is 15.0 Å². The number of aryl methyl sites for hydroxylation is 2. The molecule has 0 unspecified atom stereocenters. The van der Waals surface area contributed by atoms with Crippen molar-refractivity contribution in [1.82, 2.24) is 19.9 Å². The molecule has 194 valence electrons. The number of carbonyl (C=O) groups excluding carboxylic acids is 1. The van der Waals surface area contributed by atoms with E-state index >= 15 is 0 Å². The fraction of sp³-hybridized carbons (Fsp3) is 0.222. The van der Waals surface area contributed by atoms with Gasteiger partial charge in [0.2, 0.25) is 11.8 Å². The summed E-state index contributed by atoms with van der Waals surface area (Å²) in [6.45, 7) is 2.13. The van der Waals surface area contributed by atoms with Crippen LogP contribution < -0.4 is 15.0 Å². The summed E-state index contributed by atoms with van der Waals surface area (Å²) in [5.74, 6) is 0.922. The summed E-state index contributed by atoms with van der Waals surface area (Å²) in [4.78, 5) is 31.8. The van der Waals surface area contributed by atoms with Crippen LogP contribution in [0.1, 0.15) is 33.5 Å². The molecule has 8 nitrogen and oxygen atoms in total. The van der Waals surface area contributed by atoms with Crippen LogP contribution in [0.4, 0.5) is 24.8 Å². The highest BCUT2D eigenvalue weighted by Gasteiger charge is 2.33. The predicted octanol–water partition coefficient (Wildman–Crippen LogP) is 5.69. The van der Waals surface area contributed by atoms with Crippen LogP contribution in [0.2, 0.25) is 0 Å². The summed E-state index contributed by atoms with van der Waals surface area (Å²) in [5.41, 5.74) is 1.74. The Kier molecular flexibility index (Phi) is 6.66. The minimum absolute atomic E-state index is 0.228. The molecule has 0 saturated carbocycles. The number of hydrogen-bond donors (Lipinski definition) is 1. The van der Waals surface area contributed by atoms with Crippen LogP contribution in [-0.4, -0.2) is 39.4 Å². The second kappa shape index (κ2) is 10.1. The summed E-state index contributed by atoms with van der Waals surface area (Å²) < 4.78 is 46.2. The van der Waals surface area contributed by atoms with Gasteiger partial charge in [-0.3, -0.25) is 4.79 Å². The number of alkyl halides is 3. The molecular weight excluding hydrogens is 497 g/mol. The smallest absolute Gasteiger partial charge is 0.416 e. The third-order valence-corrected chi connectivity index (χ3v) is 6.23. The Balaban J connectivity index is 1.47. The van der Waals surface area contributed by atoms with E-state index in [2.05, 4.69) is 25.3 Å². The quantitative estimate of drug-likeness (QED) is 0.362. The monoisotopic (exact) mass is 520 g/mol. The van der Waals surface area contributed by atoms with E-state index in [1.165, 1.54) is 17.3 Å². The normalized spacial score (nSPS) is 13.1. The topological polar surface area (TPSA) is 93.1 Å². The number of halogens is 3. The molecule has 1 aliphatic heterocycles. The van der Waals surface area contributed by atoms with E-state index in [9.17, 15) is 18.0 Å². The fourth-order valence-corrected chi connectivity index (χ4v) is 4.25. The Morgan fingerprint density at radius 1 is 1.08 bits per heavy atom. The Bertz CT molecular complexity index is 1510. The number of pyridine rings is 1. The van der Waals surface area contributed by atoms with Gasteiger partial charge in [0.25, 0.3) is 5.91 Å². The standard InChI is InChI=1S/C27H23F3N6O2/c1-16-7-8-18(25(37)36-12-4-5-17-9-10-19(14-21(17)36)27(28,29)30)13-22(16)38-24-20(6-3-11-32-24)23-33-15-34-26(31-2)35-23/h3,6-11,13-15H,4-5,12H2,1-2H3,(H,31,33,34,35). The van der Waals surface area contributed by atoms with Gasteiger partial charge >= 0.3 is 6.18 Å². The molecule has 0 spiro atoms. The van der Waals surface area contributed by atoms with Gasteiger partial charge in [0, 0.05) is 31.0 Å². The molecule has 5 rings (SSSR count). The first-order chi connectivity index (χ1) is 18.2. The number of aromatic nitrogens is 4. The Hall–Kier alpha value is -4.54. The van der Waals surface area contributed by atoms with Crippen molar-refractivity contribution in [3.63, 3.8) is 0 Å². The van der Waals surface area contributed by atoms with Crippen molar-refractivity contribution in [2.45, 2.75) is 25.9 Å². The van der Waals surface area contributed by atoms with Crippen LogP contribution in [0.25, 0.3) is 11.4 Å². The van der Waals surface area contributed by atoms with E-state index in [0.717, 1.165) is 17.7 Å². The SMILES string of the molecule is CNc1ncnc(-c2cccnc2Oc2cc(C(=O)N3CCCc4ccc(C(F)(F)F)cc43)ccc2C)n1. The lowest BCUT2D eigenvalue weighted by molar-refractivity contribution is -0.137. The highest BCUT2D eigenvalue weighted by atomic mass is 19.4. The number of nitrogens with zero attached hydrogens (tertiary/aromatic N) is 5. The molecule has 0 atom stereocenters. The molecule has 11 heteroatoms. The maximum atomic E-state index is 13.5. The largest absolute Gasteiger partial charge is 0.438 e. The van der Waals surface area contributed by atoms with E-state index in [-0.39, 0.29) is 17.1 Å². The molecule has 38 heavy (non-hydrogen) atoms. The Labute approximate surface area is 216 Å². The third kappa shape index (κ3) is 4.99. The number of amides is 1. The van der Waals surface area contributed by atoms with Crippen molar-refractivity contribution in [2.24, 2.45) is 0 Å². The average Bonchev–Trinajstić information content (AvgIpc) is 2.93. The number of carbonyl (C=O) groups is 1. The van der Waals surface area contributed by atoms with E-state index in [4.69, 9.17) is 4.74 Å². The lowest BCUT2D eigenvalue weighted by atomic mass is 9.98. The number of fused-ring (bicyclic) bond motifs is 1. The van der Waals surface area contributed by atoms with Crippen LogP contribution in [-0.2, 0) is 12.6 Å². The number of hydrogen-bond acceptors (Lipinski definition) is 7. The van der Waals surface area contributed by atoms with Gasteiger partial charge in [-0.15, -0.1) is 0 Å². The summed E-state index contributed by atoms with van der Waals surface area (Å²) >= 11 is 0. The van der Waals surface area contributed by atoms with E-state index in [1.54, 1.807) is 43.6 Å². The minimum atomic E-state index is -4.50. The van der Waals surface area contributed by atoms with E-state index in [0.29, 0.717) is 48.0 Å². The van der Waals surface area contributed by atoms with Crippen LogP contribution in [0.15, 0.2) is 61.1 Å². The molecule has 0 saturated heterocycles. The second-order valence-corrected chi connectivity index (χ2v) is 8.72. The van der Waals surface area contributed by atoms with Crippen molar-refractivity contribution in [2.75, 3.05) is 23.8 Å². The molecule has 0 bridgehead atoms. The summed E-state index contributed by atoms with van der Waals surface area (Å²) in [7, 11) is 1.69. The molecule has 2 aromatic heterocycles. The van der Waals surface area contributed by atoms with Crippen LogP contribution in [0.5, 0.6) is 11.6 Å². The summed E-state index contributed by atoms with van der Waals surface area (Å²) in [6, 6.07) is 12.0. The van der Waals surface area contributed by atoms with Crippen molar-refractivity contribution in [3.05, 3.63) is 83.3 Å². The maximum Gasteiger partial charge on any atom is 0.416 e. The second-order valence-electron chi connectivity index (χ2n) is 8.72. The summed E-state index contributed by atoms with van der Waals surface area (Å²) in [5, 5.41) is 2.86. The van der Waals surface area contributed by atoms with Gasteiger partial charge in [0.1, 0.15) is 12.1 Å². The number of anilines is 2. The predicted molar refractivity (Wildman–Crippen MR) is 135 cm³/mol. The van der Waals surface area contributed by atoms with Crippen LogP contribution in [0, 0.1) is 6.92 Å². The highest BCUT2D eigenvalue weighted by Crippen LogP contribution is 2.37. The van der Waals surface area contributed by atoms with Gasteiger partial charge in [-0.1, -0.05) is 12.1 Å². The zero-order valence-electron chi connectivity index (χ0n) is 20.6. The molecular formula is C27H23F3N6O2. The molecule has 1 amide bonds. The number of ether oxygens (including phenoxy) is 1. The minimum Gasteiger partial charge on any atom is -0.438 e. The highest BCUT2D eigenvalue weighted by molar-refractivity contribution is 6.07. The number of nitrogens with one attached hydrogen (secondary N) is 1. The molecule has 3 heterocycles. The van der Waals surface area contributed by atoms with Gasteiger partial charge in [-0.2, -0.15) is 18.2 Å². The molecule has 2 aromatic carbocycles. The van der Waals surface area contributed by atoms with Crippen molar-refractivity contribution in [3.8, 4) is 23.0 Å². The fourth-order valence-electron chi connectivity index (χ4n) is 4.25. The van der Waals surface area contributed by atoms with Crippen molar-refractivity contribution >= 4 is 17.5 Å². The lowest BCUT2D eigenvalue weighted by Gasteiger charge is -2.30. The molecule has 0 fully saturated rings. The first-order valence-corrected chi connectivity index (χ1v) is 11.9. The van der Waals surface area contributed by atoms with E-state index in [1.807, 2.05) is 6.92 Å². The van der Waals surface area contributed by atoms with Crippen molar-refractivity contribution < 1.29 is 22.7 Å². The first kappa shape index (κ1) is 25.1.